The molecule has 3 heterocycles. The van der Waals surface area contributed by atoms with E-state index in [1.807, 2.05) is 11.8 Å². The fourth-order valence-electron chi connectivity index (χ4n) is 3.43. The van der Waals surface area contributed by atoms with Gasteiger partial charge in [0.1, 0.15) is 6.10 Å². The number of hydrogen-bond acceptors (Lipinski definition) is 7. The van der Waals surface area contributed by atoms with Crippen LogP contribution in [-0.4, -0.2) is 71.7 Å². The number of amides is 1. The molecule has 0 aromatic carbocycles. The Labute approximate surface area is 173 Å². The second-order valence-corrected chi connectivity index (χ2v) is 6.88. The van der Waals surface area contributed by atoms with Crippen molar-refractivity contribution < 1.29 is 14.1 Å². The second kappa shape index (κ2) is 11.8. The molecule has 1 N–H and O–H groups in total. The first-order chi connectivity index (χ1) is 12.2. The van der Waals surface area contributed by atoms with Gasteiger partial charge in [0.15, 0.2) is 5.82 Å². The normalized spacial score (nSPS) is 22.3. The molecule has 0 saturated carbocycles. The van der Waals surface area contributed by atoms with Crippen LogP contribution >= 0.6 is 24.8 Å². The van der Waals surface area contributed by atoms with E-state index in [-0.39, 0.29) is 42.9 Å². The lowest BCUT2D eigenvalue weighted by Crippen LogP contribution is -2.49. The summed E-state index contributed by atoms with van der Waals surface area (Å²) in [6, 6.07) is 0.00864. The van der Waals surface area contributed by atoms with E-state index in [9.17, 15) is 4.79 Å². The summed E-state index contributed by atoms with van der Waals surface area (Å²) >= 11 is 0. The molecule has 0 aliphatic carbocycles. The second-order valence-electron chi connectivity index (χ2n) is 6.88. The van der Waals surface area contributed by atoms with Gasteiger partial charge in [-0.15, -0.1) is 24.8 Å². The zero-order valence-electron chi connectivity index (χ0n) is 16.1. The van der Waals surface area contributed by atoms with Crippen LogP contribution in [0.4, 0.5) is 0 Å². The largest absolute Gasteiger partial charge is 0.374 e. The van der Waals surface area contributed by atoms with Crippen molar-refractivity contribution in [3.05, 3.63) is 11.7 Å². The van der Waals surface area contributed by atoms with Crippen molar-refractivity contribution in [1.82, 2.24) is 25.3 Å². The fourth-order valence-corrected chi connectivity index (χ4v) is 3.43. The molecule has 2 aliphatic rings. The van der Waals surface area contributed by atoms with Crippen molar-refractivity contribution in [2.45, 2.75) is 51.3 Å². The molecular weight excluding hydrogens is 393 g/mol. The molecule has 0 bridgehead atoms. The number of rotatable bonds is 5. The molecule has 2 aliphatic heterocycles. The standard InChI is InChI=1S/C17H29N5O3.2ClH/c1-13(24-2)16-19-15(25-20-16)12-21-8-5-9-22(11-10-21)17(23)14-6-3-4-7-18-14;;/h13-14,18H,3-12H2,1-2H3;2*1H/t13?,14-;;/m1../s1. The summed E-state index contributed by atoms with van der Waals surface area (Å²) < 4.78 is 10.5. The average Bonchev–Trinajstić information content (AvgIpc) is 2.99. The van der Waals surface area contributed by atoms with Crippen LogP contribution < -0.4 is 5.32 Å². The number of methoxy groups -OCH3 is 1. The maximum absolute atomic E-state index is 12.7. The number of halogens is 2. The molecule has 27 heavy (non-hydrogen) atoms. The average molecular weight is 424 g/mol. The Kier molecular flexibility index (Phi) is 10.5. The van der Waals surface area contributed by atoms with E-state index in [4.69, 9.17) is 9.26 Å². The quantitative estimate of drug-likeness (QED) is 0.772. The van der Waals surface area contributed by atoms with Gasteiger partial charge in [0, 0.05) is 33.3 Å². The molecule has 2 atom stereocenters. The lowest BCUT2D eigenvalue weighted by atomic mass is 10.0. The van der Waals surface area contributed by atoms with Crippen LogP contribution in [0.3, 0.4) is 0 Å². The molecule has 2 fully saturated rings. The maximum atomic E-state index is 12.7. The van der Waals surface area contributed by atoms with Crippen LogP contribution in [0.25, 0.3) is 0 Å². The molecule has 10 heteroatoms. The number of aromatic nitrogens is 2. The number of carbonyl (C=O) groups is 1. The lowest BCUT2D eigenvalue weighted by molar-refractivity contribution is -0.133. The third kappa shape index (κ3) is 6.57. The van der Waals surface area contributed by atoms with E-state index in [2.05, 4.69) is 20.4 Å². The smallest absolute Gasteiger partial charge is 0.240 e. The van der Waals surface area contributed by atoms with E-state index in [1.165, 1.54) is 6.42 Å². The third-order valence-corrected chi connectivity index (χ3v) is 5.07. The summed E-state index contributed by atoms with van der Waals surface area (Å²) in [6.07, 6.45) is 4.07. The highest BCUT2D eigenvalue weighted by molar-refractivity contribution is 5.85. The van der Waals surface area contributed by atoms with Gasteiger partial charge in [0.2, 0.25) is 11.8 Å². The van der Waals surface area contributed by atoms with Crippen molar-refractivity contribution in [3.8, 4) is 0 Å². The first-order valence-electron chi connectivity index (χ1n) is 9.27. The predicted octanol–water partition coefficient (Wildman–Crippen LogP) is 1.80. The molecule has 1 unspecified atom stereocenters. The molecule has 0 radical (unpaired) electrons. The molecule has 8 nitrogen and oxygen atoms in total. The van der Waals surface area contributed by atoms with Crippen molar-refractivity contribution in [2.24, 2.45) is 0 Å². The molecule has 2 saturated heterocycles. The molecule has 3 rings (SSSR count). The van der Waals surface area contributed by atoms with Gasteiger partial charge >= 0.3 is 0 Å². The van der Waals surface area contributed by atoms with Gasteiger partial charge in [-0.3, -0.25) is 9.69 Å². The van der Waals surface area contributed by atoms with Gasteiger partial charge in [-0.2, -0.15) is 4.98 Å². The number of piperidine rings is 1. The van der Waals surface area contributed by atoms with E-state index >= 15 is 0 Å². The maximum Gasteiger partial charge on any atom is 0.240 e. The fraction of sp³-hybridized carbons (Fsp3) is 0.824. The van der Waals surface area contributed by atoms with Crippen LogP contribution in [0.2, 0.25) is 0 Å². The first kappa shape index (κ1) is 24.1. The van der Waals surface area contributed by atoms with Gasteiger partial charge in [0.05, 0.1) is 12.6 Å². The van der Waals surface area contributed by atoms with E-state index in [0.717, 1.165) is 52.0 Å². The Balaban J connectivity index is 0.00000182. The van der Waals surface area contributed by atoms with Crippen LogP contribution in [0.1, 0.15) is 50.4 Å². The van der Waals surface area contributed by atoms with Gasteiger partial charge in [-0.05, 0) is 32.7 Å². The van der Waals surface area contributed by atoms with E-state index in [1.54, 1.807) is 7.11 Å². The van der Waals surface area contributed by atoms with Crippen molar-refractivity contribution in [1.29, 1.82) is 0 Å². The topological polar surface area (TPSA) is 83.7 Å². The Morgan fingerprint density at radius 1 is 1.26 bits per heavy atom. The molecule has 1 amide bonds. The van der Waals surface area contributed by atoms with E-state index < -0.39 is 0 Å². The molecule has 0 spiro atoms. The Morgan fingerprint density at radius 3 is 2.78 bits per heavy atom. The highest BCUT2D eigenvalue weighted by atomic mass is 35.5. The molecule has 156 valence electrons. The minimum atomic E-state index is -0.169. The van der Waals surface area contributed by atoms with Gasteiger partial charge in [0.25, 0.3) is 0 Å². The Morgan fingerprint density at radius 2 is 2.07 bits per heavy atom. The summed E-state index contributed by atoms with van der Waals surface area (Å²) in [5.74, 6) is 1.44. The number of nitrogens with one attached hydrogen (secondary N) is 1. The van der Waals surface area contributed by atoms with Crippen LogP contribution in [-0.2, 0) is 16.1 Å². The van der Waals surface area contributed by atoms with Crippen molar-refractivity contribution in [2.75, 3.05) is 39.8 Å². The number of hydrogen-bond donors (Lipinski definition) is 1. The highest BCUT2D eigenvalue weighted by Crippen LogP contribution is 2.15. The Bertz CT molecular complexity index is 569. The van der Waals surface area contributed by atoms with Gasteiger partial charge < -0.3 is 19.5 Å². The summed E-state index contributed by atoms with van der Waals surface area (Å²) in [6.45, 7) is 6.80. The van der Waals surface area contributed by atoms with Crippen molar-refractivity contribution in [3.63, 3.8) is 0 Å². The third-order valence-electron chi connectivity index (χ3n) is 5.07. The van der Waals surface area contributed by atoms with Gasteiger partial charge in [-0.25, -0.2) is 0 Å². The van der Waals surface area contributed by atoms with E-state index in [0.29, 0.717) is 18.3 Å². The zero-order valence-corrected chi connectivity index (χ0v) is 17.7. The lowest BCUT2D eigenvalue weighted by Gasteiger charge is -2.29. The van der Waals surface area contributed by atoms with Gasteiger partial charge in [-0.1, -0.05) is 11.6 Å². The number of carbonyl (C=O) groups excluding carboxylic acids is 1. The highest BCUT2D eigenvalue weighted by Gasteiger charge is 2.27. The predicted molar refractivity (Wildman–Crippen MR) is 106 cm³/mol. The van der Waals surface area contributed by atoms with Crippen molar-refractivity contribution >= 4 is 30.7 Å². The summed E-state index contributed by atoms with van der Waals surface area (Å²) in [5, 5.41) is 7.33. The minimum Gasteiger partial charge on any atom is -0.374 e. The first-order valence-corrected chi connectivity index (χ1v) is 9.27. The minimum absolute atomic E-state index is 0. The Hall–Kier alpha value is -0.930. The van der Waals surface area contributed by atoms with Crippen LogP contribution in [0.15, 0.2) is 4.52 Å². The summed E-state index contributed by atoms with van der Waals surface area (Å²) in [7, 11) is 1.63. The SMILES string of the molecule is COC(C)c1noc(CN2CCCN(C(=O)[C@H]3CCCCN3)CC2)n1.Cl.Cl. The van der Waals surface area contributed by atoms with Crippen LogP contribution in [0, 0.1) is 0 Å². The van der Waals surface area contributed by atoms with Crippen LogP contribution in [0.5, 0.6) is 0 Å². The molecule has 1 aromatic rings. The monoisotopic (exact) mass is 423 g/mol. The zero-order chi connectivity index (χ0) is 17.6. The summed E-state index contributed by atoms with van der Waals surface area (Å²) in [5.41, 5.74) is 0. The number of ether oxygens (including phenoxy) is 1. The number of nitrogens with zero attached hydrogens (tertiary/aromatic N) is 4. The summed E-state index contributed by atoms with van der Waals surface area (Å²) in [4.78, 5) is 21.4. The molecular formula is C17H31Cl2N5O3. The molecule has 1 aromatic heterocycles.